The van der Waals surface area contributed by atoms with Gasteiger partial charge in [0.1, 0.15) is 5.82 Å². The third kappa shape index (κ3) is 3.00. The lowest BCUT2D eigenvalue weighted by molar-refractivity contribution is 0.425. The molecule has 0 bridgehead atoms. The molecule has 0 saturated heterocycles. The Morgan fingerprint density at radius 3 is 2.89 bits per heavy atom. The summed E-state index contributed by atoms with van der Waals surface area (Å²) in [4.78, 5) is 4.32. The van der Waals surface area contributed by atoms with Crippen molar-refractivity contribution in [2.75, 3.05) is 0 Å². The number of imidazole rings is 1. The number of aryl methyl sites for hydroxylation is 1. The van der Waals surface area contributed by atoms with E-state index in [1.165, 1.54) is 0 Å². The van der Waals surface area contributed by atoms with Gasteiger partial charge in [-0.3, -0.25) is 0 Å². The molecule has 0 fully saturated rings. The first kappa shape index (κ1) is 12.9. The highest BCUT2D eigenvalue weighted by molar-refractivity contribution is 6.58. The zero-order chi connectivity index (χ0) is 13.0. The van der Waals surface area contributed by atoms with E-state index >= 15 is 0 Å². The van der Waals surface area contributed by atoms with Gasteiger partial charge in [-0.05, 0) is 17.4 Å². The number of benzene rings is 1. The van der Waals surface area contributed by atoms with Crippen LogP contribution in [0.25, 0.3) is 0 Å². The minimum atomic E-state index is -1.41. The van der Waals surface area contributed by atoms with Gasteiger partial charge in [-0.1, -0.05) is 31.2 Å². The fraction of sp³-hybridized carbons (Fsp3) is 0.308. The molecule has 0 radical (unpaired) electrons. The zero-order valence-corrected chi connectivity index (χ0v) is 10.5. The van der Waals surface area contributed by atoms with Crippen LogP contribution in [0.2, 0.25) is 0 Å². The predicted molar refractivity (Wildman–Crippen MR) is 71.6 cm³/mol. The van der Waals surface area contributed by atoms with E-state index in [9.17, 15) is 0 Å². The van der Waals surface area contributed by atoms with Crippen LogP contribution in [0.5, 0.6) is 0 Å². The fourth-order valence-electron chi connectivity index (χ4n) is 1.98. The number of nitrogens with zero attached hydrogens (tertiary/aromatic N) is 2. The molecule has 1 heterocycles. The van der Waals surface area contributed by atoms with Crippen LogP contribution in [-0.4, -0.2) is 26.7 Å². The standard InChI is InChI=1S/C13H17BN2O2/c1-2-4-13-15-7-8-16(13)10-11-5-3-6-12(9-11)14(17)18/h3,5-9,17-18H,2,4,10H2,1H3. The lowest BCUT2D eigenvalue weighted by Crippen LogP contribution is -2.30. The van der Waals surface area contributed by atoms with E-state index in [0.29, 0.717) is 12.0 Å². The summed E-state index contributed by atoms with van der Waals surface area (Å²) >= 11 is 0. The average Bonchev–Trinajstić information content (AvgIpc) is 2.77. The number of aromatic nitrogens is 2. The van der Waals surface area contributed by atoms with Crippen molar-refractivity contribution >= 4 is 12.6 Å². The van der Waals surface area contributed by atoms with Crippen LogP contribution in [0.15, 0.2) is 36.7 Å². The highest BCUT2D eigenvalue weighted by Crippen LogP contribution is 2.06. The van der Waals surface area contributed by atoms with Crippen molar-refractivity contribution in [2.45, 2.75) is 26.3 Å². The molecule has 0 aliphatic rings. The molecule has 0 atom stereocenters. The van der Waals surface area contributed by atoms with Gasteiger partial charge in [-0.25, -0.2) is 4.98 Å². The Morgan fingerprint density at radius 1 is 1.33 bits per heavy atom. The summed E-state index contributed by atoms with van der Waals surface area (Å²) in [5.41, 5.74) is 1.56. The van der Waals surface area contributed by atoms with Crippen LogP contribution >= 0.6 is 0 Å². The molecule has 0 aliphatic carbocycles. The molecule has 0 amide bonds. The topological polar surface area (TPSA) is 58.3 Å². The molecule has 0 saturated carbocycles. The maximum atomic E-state index is 9.15. The van der Waals surface area contributed by atoms with Crippen molar-refractivity contribution in [2.24, 2.45) is 0 Å². The summed E-state index contributed by atoms with van der Waals surface area (Å²) in [6.45, 7) is 2.83. The van der Waals surface area contributed by atoms with Gasteiger partial charge < -0.3 is 14.6 Å². The van der Waals surface area contributed by atoms with Gasteiger partial charge in [0.25, 0.3) is 0 Å². The van der Waals surface area contributed by atoms with Gasteiger partial charge >= 0.3 is 7.12 Å². The molecule has 5 heteroatoms. The molecule has 2 aromatic rings. The maximum Gasteiger partial charge on any atom is 0.488 e. The minimum Gasteiger partial charge on any atom is -0.423 e. The third-order valence-corrected chi connectivity index (χ3v) is 2.88. The van der Waals surface area contributed by atoms with E-state index in [0.717, 1.165) is 24.2 Å². The van der Waals surface area contributed by atoms with Crippen LogP contribution in [-0.2, 0) is 13.0 Å². The van der Waals surface area contributed by atoms with E-state index in [2.05, 4.69) is 16.5 Å². The van der Waals surface area contributed by atoms with Crippen molar-refractivity contribution in [3.63, 3.8) is 0 Å². The van der Waals surface area contributed by atoms with E-state index in [-0.39, 0.29) is 0 Å². The van der Waals surface area contributed by atoms with Crippen LogP contribution in [0.4, 0.5) is 0 Å². The van der Waals surface area contributed by atoms with Gasteiger partial charge in [0.15, 0.2) is 0 Å². The molecule has 0 unspecified atom stereocenters. The van der Waals surface area contributed by atoms with Crippen molar-refractivity contribution in [3.8, 4) is 0 Å². The molecule has 2 N–H and O–H groups in total. The summed E-state index contributed by atoms with van der Waals surface area (Å²) in [5, 5.41) is 18.3. The minimum absolute atomic E-state index is 0.518. The molecule has 0 aliphatic heterocycles. The normalized spacial score (nSPS) is 10.6. The molecule has 94 valence electrons. The van der Waals surface area contributed by atoms with Crippen LogP contribution in [0.3, 0.4) is 0 Å². The number of rotatable bonds is 5. The van der Waals surface area contributed by atoms with E-state index in [1.54, 1.807) is 18.3 Å². The van der Waals surface area contributed by atoms with E-state index < -0.39 is 7.12 Å². The second-order valence-corrected chi connectivity index (χ2v) is 4.34. The molecule has 1 aromatic heterocycles. The average molecular weight is 244 g/mol. The lowest BCUT2D eigenvalue weighted by Gasteiger charge is -2.08. The van der Waals surface area contributed by atoms with E-state index in [4.69, 9.17) is 10.0 Å². The molecule has 18 heavy (non-hydrogen) atoms. The van der Waals surface area contributed by atoms with Crippen molar-refractivity contribution in [1.29, 1.82) is 0 Å². The number of hydrogen-bond donors (Lipinski definition) is 2. The van der Waals surface area contributed by atoms with Crippen molar-refractivity contribution < 1.29 is 10.0 Å². The zero-order valence-electron chi connectivity index (χ0n) is 10.5. The molecule has 4 nitrogen and oxygen atoms in total. The number of hydrogen-bond acceptors (Lipinski definition) is 3. The van der Waals surface area contributed by atoms with Crippen LogP contribution in [0.1, 0.15) is 24.7 Å². The van der Waals surface area contributed by atoms with Gasteiger partial charge in [0, 0.05) is 25.4 Å². The first-order valence-electron chi connectivity index (χ1n) is 6.15. The van der Waals surface area contributed by atoms with E-state index in [1.807, 2.05) is 18.3 Å². The maximum absolute atomic E-state index is 9.15. The summed E-state index contributed by atoms with van der Waals surface area (Å²) in [6, 6.07) is 7.32. The first-order valence-corrected chi connectivity index (χ1v) is 6.15. The largest absolute Gasteiger partial charge is 0.488 e. The smallest absolute Gasteiger partial charge is 0.423 e. The third-order valence-electron chi connectivity index (χ3n) is 2.88. The summed E-state index contributed by atoms with van der Waals surface area (Å²) in [5.74, 6) is 1.06. The molecule has 2 rings (SSSR count). The second-order valence-electron chi connectivity index (χ2n) is 4.34. The Hall–Kier alpha value is -1.59. The SMILES string of the molecule is CCCc1nccn1Cc1cccc(B(O)O)c1. The van der Waals surface area contributed by atoms with Crippen molar-refractivity contribution in [3.05, 3.63) is 48.0 Å². The Bertz CT molecular complexity index is 511. The quantitative estimate of drug-likeness (QED) is 0.756. The van der Waals surface area contributed by atoms with Gasteiger partial charge in [0.2, 0.25) is 0 Å². The fourth-order valence-corrected chi connectivity index (χ4v) is 1.98. The van der Waals surface area contributed by atoms with Gasteiger partial charge in [-0.15, -0.1) is 0 Å². The predicted octanol–water partition coefficient (Wildman–Crippen LogP) is 0.564. The Balaban J connectivity index is 2.17. The summed E-state index contributed by atoms with van der Waals surface area (Å²) in [7, 11) is -1.41. The monoisotopic (exact) mass is 244 g/mol. The van der Waals surface area contributed by atoms with Gasteiger partial charge in [-0.2, -0.15) is 0 Å². The summed E-state index contributed by atoms with van der Waals surface area (Å²) in [6.07, 6.45) is 5.77. The Labute approximate surface area is 107 Å². The Kier molecular flexibility index (Phi) is 4.17. The van der Waals surface area contributed by atoms with Gasteiger partial charge in [0.05, 0.1) is 0 Å². The van der Waals surface area contributed by atoms with Crippen LogP contribution in [0, 0.1) is 0 Å². The van der Waals surface area contributed by atoms with Crippen molar-refractivity contribution in [1.82, 2.24) is 9.55 Å². The highest BCUT2D eigenvalue weighted by atomic mass is 16.4. The Morgan fingerprint density at radius 2 is 2.17 bits per heavy atom. The molecule has 1 aromatic carbocycles. The molecule has 0 spiro atoms. The first-order chi connectivity index (χ1) is 8.70. The lowest BCUT2D eigenvalue weighted by atomic mass is 9.79. The van der Waals surface area contributed by atoms with Crippen LogP contribution < -0.4 is 5.46 Å². The molecular formula is C13H17BN2O2. The highest BCUT2D eigenvalue weighted by Gasteiger charge is 2.11. The molecular weight excluding hydrogens is 227 g/mol. The summed E-state index contributed by atoms with van der Waals surface area (Å²) < 4.78 is 2.09. The second kappa shape index (κ2) is 5.84.